The van der Waals surface area contributed by atoms with Gasteiger partial charge in [-0.2, -0.15) is 0 Å². The van der Waals surface area contributed by atoms with E-state index in [2.05, 4.69) is 10.3 Å². The molecule has 1 atom stereocenters. The molecule has 18 heavy (non-hydrogen) atoms. The zero-order chi connectivity index (χ0) is 13.1. The second-order valence-electron chi connectivity index (χ2n) is 4.14. The summed E-state index contributed by atoms with van der Waals surface area (Å²) in [4.78, 5) is 3.70. The molecule has 2 rings (SSSR count). The maximum atomic E-state index is 13.8. The molecule has 1 aromatic heterocycles. The van der Waals surface area contributed by atoms with Crippen molar-refractivity contribution in [1.29, 1.82) is 0 Å². The third-order valence-corrected chi connectivity index (χ3v) is 2.87. The van der Waals surface area contributed by atoms with Gasteiger partial charge in [0.1, 0.15) is 11.6 Å². The highest BCUT2D eigenvalue weighted by Crippen LogP contribution is 2.26. The Morgan fingerprint density at radius 2 is 1.89 bits per heavy atom. The number of aryl methyl sites for hydroxylation is 1. The number of benzene rings is 1. The fraction of sp³-hybridized carbons (Fsp3) is 0.214. The van der Waals surface area contributed by atoms with E-state index >= 15 is 0 Å². The van der Waals surface area contributed by atoms with Gasteiger partial charge in [-0.1, -0.05) is 17.7 Å². The van der Waals surface area contributed by atoms with E-state index in [4.69, 9.17) is 0 Å². The van der Waals surface area contributed by atoms with Crippen LogP contribution in [0.5, 0.6) is 0 Å². The molecule has 1 heterocycles. The SMILES string of the molecule is CNC(c1ccncc1F)c1cc(C)ccc1F. The van der Waals surface area contributed by atoms with Crippen molar-refractivity contribution in [2.45, 2.75) is 13.0 Å². The molecule has 0 aliphatic rings. The Morgan fingerprint density at radius 1 is 1.11 bits per heavy atom. The largest absolute Gasteiger partial charge is 0.309 e. The fourth-order valence-corrected chi connectivity index (χ4v) is 1.98. The standard InChI is InChI=1S/C14H14F2N2/c1-9-3-4-12(15)11(7-9)14(17-2)10-5-6-18-8-13(10)16/h3-8,14,17H,1-2H3. The van der Waals surface area contributed by atoms with E-state index in [9.17, 15) is 8.78 Å². The predicted octanol–water partition coefficient (Wildman–Crippen LogP) is 2.98. The molecule has 0 spiro atoms. The highest BCUT2D eigenvalue weighted by Gasteiger charge is 2.19. The van der Waals surface area contributed by atoms with Gasteiger partial charge in [-0.25, -0.2) is 8.78 Å². The lowest BCUT2D eigenvalue weighted by Gasteiger charge is -2.18. The van der Waals surface area contributed by atoms with Crippen molar-refractivity contribution < 1.29 is 8.78 Å². The first-order valence-corrected chi connectivity index (χ1v) is 5.66. The van der Waals surface area contributed by atoms with Crippen molar-refractivity contribution in [2.24, 2.45) is 0 Å². The summed E-state index contributed by atoms with van der Waals surface area (Å²) in [7, 11) is 1.67. The van der Waals surface area contributed by atoms with Gasteiger partial charge < -0.3 is 5.32 Å². The number of rotatable bonds is 3. The predicted molar refractivity (Wildman–Crippen MR) is 66.2 cm³/mol. The minimum atomic E-state index is -0.520. The number of halogens is 2. The van der Waals surface area contributed by atoms with Gasteiger partial charge in [0, 0.05) is 17.3 Å². The molecule has 94 valence electrons. The van der Waals surface area contributed by atoms with Crippen molar-refractivity contribution in [2.75, 3.05) is 7.05 Å². The Bertz CT molecular complexity index is 555. The van der Waals surface area contributed by atoms with E-state index in [1.54, 1.807) is 25.2 Å². The summed E-state index contributed by atoms with van der Waals surface area (Å²) in [6.45, 7) is 1.87. The van der Waals surface area contributed by atoms with Crippen LogP contribution in [0.3, 0.4) is 0 Å². The third-order valence-electron chi connectivity index (χ3n) is 2.87. The summed E-state index contributed by atoms with van der Waals surface area (Å²) in [5.74, 6) is -0.797. The third kappa shape index (κ3) is 2.38. The first kappa shape index (κ1) is 12.6. The van der Waals surface area contributed by atoms with E-state index < -0.39 is 11.9 Å². The number of nitrogens with zero attached hydrogens (tertiary/aromatic N) is 1. The van der Waals surface area contributed by atoms with Crippen molar-refractivity contribution >= 4 is 0 Å². The van der Waals surface area contributed by atoms with E-state index in [0.29, 0.717) is 11.1 Å². The molecular weight excluding hydrogens is 234 g/mol. The molecule has 1 aromatic carbocycles. The summed E-state index contributed by atoms with van der Waals surface area (Å²) in [5.41, 5.74) is 1.75. The van der Waals surface area contributed by atoms with E-state index in [0.717, 1.165) is 11.8 Å². The maximum Gasteiger partial charge on any atom is 0.146 e. The Kier molecular flexibility index (Phi) is 3.67. The molecule has 0 saturated carbocycles. The van der Waals surface area contributed by atoms with Crippen molar-refractivity contribution in [3.8, 4) is 0 Å². The van der Waals surface area contributed by atoms with Gasteiger partial charge >= 0.3 is 0 Å². The lowest BCUT2D eigenvalue weighted by Crippen LogP contribution is -2.20. The molecule has 0 bridgehead atoms. The van der Waals surface area contributed by atoms with Crippen LogP contribution in [0.2, 0.25) is 0 Å². The summed E-state index contributed by atoms with van der Waals surface area (Å²) in [5, 5.41) is 2.94. The van der Waals surface area contributed by atoms with E-state index in [1.165, 1.54) is 12.3 Å². The maximum absolute atomic E-state index is 13.8. The molecule has 0 aliphatic carbocycles. The molecule has 0 fully saturated rings. The first-order chi connectivity index (χ1) is 8.63. The smallest absolute Gasteiger partial charge is 0.146 e. The lowest BCUT2D eigenvalue weighted by molar-refractivity contribution is 0.543. The minimum absolute atomic E-state index is 0.351. The normalized spacial score (nSPS) is 12.4. The number of aromatic nitrogens is 1. The van der Waals surface area contributed by atoms with Gasteiger partial charge in [0.05, 0.1) is 12.2 Å². The minimum Gasteiger partial charge on any atom is -0.309 e. The molecule has 0 amide bonds. The molecule has 1 unspecified atom stereocenters. The average Bonchev–Trinajstić information content (AvgIpc) is 2.36. The molecule has 0 aliphatic heterocycles. The van der Waals surface area contributed by atoms with Crippen LogP contribution in [0.15, 0.2) is 36.7 Å². The first-order valence-electron chi connectivity index (χ1n) is 5.66. The number of hydrogen-bond donors (Lipinski definition) is 1. The molecule has 2 aromatic rings. The summed E-state index contributed by atoms with van der Waals surface area (Å²) < 4.78 is 27.6. The topological polar surface area (TPSA) is 24.9 Å². The molecule has 2 nitrogen and oxygen atoms in total. The molecule has 0 saturated heterocycles. The number of hydrogen-bond acceptors (Lipinski definition) is 2. The van der Waals surface area contributed by atoms with Gasteiger partial charge in [0.25, 0.3) is 0 Å². The molecule has 1 N–H and O–H groups in total. The number of pyridine rings is 1. The van der Waals surface area contributed by atoms with Crippen LogP contribution in [0.4, 0.5) is 8.78 Å². The Morgan fingerprint density at radius 3 is 2.56 bits per heavy atom. The highest BCUT2D eigenvalue weighted by molar-refractivity contribution is 5.34. The van der Waals surface area contributed by atoms with Crippen molar-refractivity contribution in [3.63, 3.8) is 0 Å². The van der Waals surface area contributed by atoms with Crippen LogP contribution in [0.25, 0.3) is 0 Å². The fourth-order valence-electron chi connectivity index (χ4n) is 1.98. The molecule has 0 radical (unpaired) electrons. The summed E-state index contributed by atoms with van der Waals surface area (Å²) >= 11 is 0. The zero-order valence-corrected chi connectivity index (χ0v) is 10.2. The van der Waals surface area contributed by atoms with Crippen LogP contribution >= 0.6 is 0 Å². The summed E-state index contributed by atoms with van der Waals surface area (Å²) in [6, 6.07) is 5.84. The van der Waals surface area contributed by atoms with Crippen LogP contribution < -0.4 is 5.32 Å². The molecular formula is C14H14F2N2. The van der Waals surface area contributed by atoms with Gasteiger partial charge in [0.2, 0.25) is 0 Å². The van der Waals surface area contributed by atoms with E-state index in [-0.39, 0.29) is 5.82 Å². The second-order valence-corrected chi connectivity index (χ2v) is 4.14. The Labute approximate surface area is 105 Å². The van der Waals surface area contributed by atoms with Gasteiger partial charge in [-0.3, -0.25) is 4.98 Å². The second kappa shape index (κ2) is 5.23. The van der Waals surface area contributed by atoms with Crippen LogP contribution in [0, 0.1) is 18.6 Å². The molecule has 4 heteroatoms. The van der Waals surface area contributed by atoms with E-state index in [1.807, 2.05) is 6.92 Å². The van der Waals surface area contributed by atoms with Gasteiger partial charge in [-0.05, 0) is 26.1 Å². The lowest BCUT2D eigenvalue weighted by atomic mass is 9.97. The van der Waals surface area contributed by atoms with Gasteiger partial charge in [0.15, 0.2) is 0 Å². The quantitative estimate of drug-likeness (QED) is 0.903. The van der Waals surface area contributed by atoms with Crippen LogP contribution in [0.1, 0.15) is 22.7 Å². The monoisotopic (exact) mass is 248 g/mol. The van der Waals surface area contributed by atoms with Crippen LogP contribution in [-0.2, 0) is 0 Å². The average molecular weight is 248 g/mol. The Balaban J connectivity index is 2.52. The Hall–Kier alpha value is -1.81. The van der Waals surface area contributed by atoms with Crippen molar-refractivity contribution in [1.82, 2.24) is 10.3 Å². The number of nitrogens with one attached hydrogen (secondary N) is 1. The van der Waals surface area contributed by atoms with Gasteiger partial charge in [-0.15, -0.1) is 0 Å². The van der Waals surface area contributed by atoms with Crippen LogP contribution in [-0.4, -0.2) is 12.0 Å². The zero-order valence-electron chi connectivity index (χ0n) is 10.2. The summed E-state index contributed by atoms with van der Waals surface area (Å²) in [6.07, 6.45) is 2.63. The van der Waals surface area contributed by atoms with Crippen molar-refractivity contribution in [3.05, 3.63) is 65.0 Å². The highest BCUT2D eigenvalue weighted by atomic mass is 19.1.